The van der Waals surface area contributed by atoms with Crippen molar-refractivity contribution in [2.45, 2.75) is 26.3 Å². The normalized spacial score (nSPS) is 18.8. The smallest absolute Gasteiger partial charge is 0.191 e. The maximum atomic E-state index is 6.26. The summed E-state index contributed by atoms with van der Waals surface area (Å²) in [5, 5.41) is 7.69. The molecule has 0 saturated carbocycles. The highest BCUT2D eigenvalue weighted by molar-refractivity contribution is 6.32. The van der Waals surface area contributed by atoms with Crippen molar-refractivity contribution in [2.24, 2.45) is 10.4 Å². The van der Waals surface area contributed by atoms with E-state index in [0.717, 1.165) is 44.4 Å². The van der Waals surface area contributed by atoms with Crippen molar-refractivity contribution in [3.05, 3.63) is 23.4 Å². The molecule has 1 atom stereocenters. The minimum Gasteiger partial charge on any atom is -0.356 e. The van der Waals surface area contributed by atoms with E-state index >= 15 is 0 Å². The Hall–Kier alpha value is -1.53. The molecule has 2 heterocycles. The Kier molecular flexibility index (Phi) is 6.90. The van der Waals surface area contributed by atoms with Crippen molar-refractivity contribution in [1.29, 1.82) is 0 Å². The maximum Gasteiger partial charge on any atom is 0.191 e. The van der Waals surface area contributed by atoms with E-state index in [-0.39, 0.29) is 5.41 Å². The van der Waals surface area contributed by atoms with Crippen LogP contribution in [0, 0.1) is 5.41 Å². The first kappa shape index (κ1) is 19.8. The molecule has 1 aromatic heterocycles. The van der Waals surface area contributed by atoms with Crippen LogP contribution in [0.25, 0.3) is 0 Å². The Morgan fingerprint density at radius 3 is 2.88 bits per heavy atom. The molecule has 0 radical (unpaired) electrons. The quantitative estimate of drug-likeness (QED) is 0.596. The molecule has 25 heavy (non-hydrogen) atoms. The van der Waals surface area contributed by atoms with Gasteiger partial charge in [-0.15, -0.1) is 0 Å². The second kappa shape index (κ2) is 8.72. The first-order chi connectivity index (χ1) is 11.8. The summed E-state index contributed by atoms with van der Waals surface area (Å²) in [4.78, 5) is 13.2. The highest BCUT2D eigenvalue weighted by atomic mass is 35.5. The van der Waals surface area contributed by atoms with Crippen LogP contribution in [0.5, 0.6) is 0 Å². The van der Waals surface area contributed by atoms with Gasteiger partial charge in [-0.3, -0.25) is 4.99 Å². The second-order valence-corrected chi connectivity index (χ2v) is 8.12. The number of anilines is 1. The fraction of sp³-hybridized carbons (Fsp3) is 0.667. The van der Waals surface area contributed by atoms with Crippen molar-refractivity contribution in [3.63, 3.8) is 0 Å². The Morgan fingerprint density at radius 1 is 1.48 bits per heavy atom. The van der Waals surface area contributed by atoms with Gasteiger partial charge in [0.05, 0.1) is 5.02 Å². The third-order valence-electron chi connectivity index (χ3n) is 4.27. The van der Waals surface area contributed by atoms with Gasteiger partial charge < -0.3 is 20.4 Å². The number of nitrogens with one attached hydrogen (secondary N) is 2. The van der Waals surface area contributed by atoms with Crippen LogP contribution in [0.15, 0.2) is 23.3 Å². The van der Waals surface area contributed by atoms with E-state index in [0.29, 0.717) is 11.1 Å². The lowest BCUT2D eigenvalue weighted by molar-refractivity contribution is 0.241. The number of hydrogen-bond acceptors (Lipinski definition) is 4. The van der Waals surface area contributed by atoms with Crippen LogP contribution in [0.3, 0.4) is 0 Å². The Balaban J connectivity index is 1.86. The number of aromatic nitrogens is 1. The molecule has 0 bridgehead atoms. The van der Waals surface area contributed by atoms with E-state index in [1.165, 1.54) is 0 Å². The van der Waals surface area contributed by atoms with Crippen molar-refractivity contribution in [2.75, 3.05) is 52.2 Å². The second-order valence-electron chi connectivity index (χ2n) is 7.71. The van der Waals surface area contributed by atoms with Crippen LogP contribution in [-0.4, -0.2) is 69.2 Å². The van der Waals surface area contributed by atoms with Crippen LogP contribution in [0.2, 0.25) is 5.02 Å². The molecule has 1 aliphatic rings. The van der Waals surface area contributed by atoms with Crippen molar-refractivity contribution >= 4 is 23.4 Å². The highest BCUT2D eigenvalue weighted by Gasteiger charge is 2.26. The molecular formula is C18H31ClN6. The number of aliphatic imine (C=N–C) groups is 1. The molecule has 1 aliphatic heterocycles. The van der Waals surface area contributed by atoms with Gasteiger partial charge in [-0.25, -0.2) is 4.98 Å². The lowest BCUT2D eigenvalue weighted by Crippen LogP contribution is -2.48. The summed E-state index contributed by atoms with van der Waals surface area (Å²) in [5.74, 6) is 1.72. The van der Waals surface area contributed by atoms with E-state index in [9.17, 15) is 0 Å². The number of halogens is 1. The Morgan fingerprint density at radius 2 is 2.24 bits per heavy atom. The molecule has 0 aliphatic carbocycles. The summed E-state index contributed by atoms with van der Waals surface area (Å²) in [6.45, 7) is 8.22. The average molecular weight is 367 g/mol. The minimum absolute atomic E-state index is 0.171. The molecule has 0 amide bonds. The third kappa shape index (κ3) is 6.04. The van der Waals surface area contributed by atoms with Crippen LogP contribution in [0.1, 0.15) is 20.3 Å². The number of rotatable bonds is 6. The van der Waals surface area contributed by atoms with Gasteiger partial charge in [-0.2, -0.15) is 0 Å². The largest absolute Gasteiger partial charge is 0.356 e. The summed E-state index contributed by atoms with van der Waals surface area (Å²) in [7, 11) is 6.02. The highest BCUT2D eigenvalue weighted by Crippen LogP contribution is 2.25. The molecule has 0 aromatic carbocycles. The van der Waals surface area contributed by atoms with Gasteiger partial charge in [0, 0.05) is 45.5 Å². The van der Waals surface area contributed by atoms with Gasteiger partial charge in [-0.05, 0) is 38.1 Å². The summed E-state index contributed by atoms with van der Waals surface area (Å²) < 4.78 is 0. The van der Waals surface area contributed by atoms with Gasteiger partial charge in [0.2, 0.25) is 0 Å². The van der Waals surface area contributed by atoms with Gasteiger partial charge in [0.15, 0.2) is 5.96 Å². The Labute approximate surface area is 156 Å². The molecule has 2 N–H and O–H groups in total. The molecule has 1 saturated heterocycles. The van der Waals surface area contributed by atoms with Gasteiger partial charge in [0.25, 0.3) is 0 Å². The van der Waals surface area contributed by atoms with Crippen molar-refractivity contribution < 1.29 is 0 Å². The molecule has 2 rings (SSSR count). The SMILES string of the molecule is CN=C(NCC(C)(C)CN(C)C)NC1CCN(c2ncccc2Cl)C1. The van der Waals surface area contributed by atoms with Crippen molar-refractivity contribution in [1.82, 2.24) is 20.5 Å². The topological polar surface area (TPSA) is 55.8 Å². The van der Waals surface area contributed by atoms with Crippen LogP contribution >= 0.6 is 11.6 Å². The number of nitrogens with zero attached hydrogens (tertiary/aromatic N) is 4. The molecule has 140 valence electrons. The lowest BCUT2D eigenvalue weighted by Gasteiger charge is -2.29. The molecule has 6 nitrogen and oxygen atoms in total. The van der Waals surface area contributed by atoms with E-state index in [1.54, 1.807) is 6.20 Å². The lowest BCUT2D eigenvalue weighted by atomic mass is 9.93. The number of pyridine rings is 1. The van der Waals surface area contributed by atoms with E-state index in [1.807, 2.05) is 19.2 Å². The van der Waals surface area contributed by atoms with E-state index < -0.39 is 0 Å². The first-order valence-electron chi connectivity index (χ1n) is 8.78. The van der Waals surface area contributed by atoms with Crippen LogP contribution in [0.4, 0.5) is 5.82 Å². The fourth-order valence-corrected chi connectivity index (χ4v) is 3.54. The molecule has 7 heteroatoms. The maximum absolute atomic E-state index is 6.26. The Bertz CT molecular complexity index is 587. The van der Waals surface area contributed by atoms with Gasteiger partial charge in [-0.1, -0.05) is 25.4 Å². The molecular weight excluding hydrogens is 336 g/mol. The number of hydrogen-bond donors (Lipinski definition) is 2. The molecule has 1 unspecified atom stereocenters. The monoisotopic (exact) mass is 366 g/mol. The summed E-state index contributed by atoms with van der Waals surface area (Å²) in [6, 6.07) is 4.08. The van der Waals surface area contributed by atoms with Crippen LogP contribution in [-0.2, 0) is 0 Å². The zero-order chi connectivity index (χ0) is 18.4. The predicted octanol–water partition coefficient (Wildman–Crippen LogP) is 2.07. The van der Waals surface area contributed by atoms with Gasteiger partial charge in [0.1, 0.15) is 5.82 Å². The predicted molar refractivity (Wildman–Crippen MR) is 107 cm³/mol. The minimum atomic E-state index is 0.171. The fourth-order valence-electron chi connectivity index (χ4n) is 3.30. The first-order valence-corrected chi connectivity index (χ1v) is 9.16. The van der Waals surface area contributed by atoms with Crippen molar-refractivity contribution in [3.8, 4) is 0 Å². The van der Waals surface area contributed by atoms with E-state index in [2.05, 4.69) is 58.4 Å². The number of guanidine groups is 1. The molecule has 0 spiro atoms. The zero-order valence-corrected chi connectivity index (χ0v) is 16.8. The average Bonchev–Trinajstić information content (AvgIpc) is 2.99. The summed E-state index contributed by atoms with van der Waals surface area (Å²) in [5.41, 5.74) is 0.171. The summed E-state index contributed by atoms with van der Waals surface area (Å²) >= 11 is 6.26. The standard InChI is InChI=1S/C18H31ClN6/c1-18(2,13-24(4)5)12-22-17(20-3)23-14-8-10-25(11-14)16-15(19)7-6-9-21-16/h6-7,9,14H,8,10-13H2,1-5H3,(H2,20,22,23). The molecule has 1 fully saturated rings. The summed E-state index contributed by atoms with van der Waals surface area (Å²) in [6.07, 6.45) is 2.82. The third-order valence-corrected chi connectivity index (χ3v) is 4.56. The van der Waals surface area contributed by atoms with Crippen LogP contribution < -0.4 is 15.5 Å². The molecule has 1 aromatic rings. The zero-order valence-electron chi connectivity index (χ0n) is 16.0. The van der Waals surface area contributed by atoms with Gasteiger partial charge >= 0.3 is 0 Å². The van der Waals surface area contributed by atoms with E-state index in [4.69, 9.17) is 11.6 Å².